The molecule has 0 aliphatic heterocycles. The van der Waals surface area contributed by atoms with Gasteiger partial charge in [0.1, 0.15) is 22.3 Å². The van der Waals surface area contributed by atoms with Gasteiger partial charge < -0.3 is 8.83 Å². The van der Waals surface area contributed by atoms with Crippen molar-refractivity contribution in [2.24, 2.45) is 0 Å². The van der Waals surface area contributed by atoms with Gasteiger partial charge in [-0.15, -0.1) is 0 Å². The highest BCUT2D eigenvalue weighted by Crippen LogP contribution is 2.41. The van der Waals surface area contributed by atoms with Crippen LogP contribution in [0.25, 0.3) is 100 Å². The zero-order chi connectivity index (χ0) is 33.0. The minimum Gasteiger partial charge on any atom is -0.456 e. The average molecular weight is 642 g/mol. The van der Waals surface area contributed by atoms with Crippen LogP contribution in [0.2, 0.25) is 0 Å². The molecule has 0 aliphatic rings. The van der Waals surface area contributed by atoms with Crippen molar-refractivity contribution in [3.63, 3.8) is 0 Å². The summed E-state index contributed by atoms with van der Waals surface area (Å²) in [6, 6.07) is 55.7. The van der Waals surface area contributed by atoms with Crippen LogP contribution in [-0.2, 0) is 0 Å². The van der Waals surface area contributed by atoms with Gasteiger partial charge in [-0.05, 0) is 53.1 Å². The quantitative estimate of drug-likeness (QED) is 0.187. The van der Waals surface area contributed by atoms with Gasteiger partial charge in [0.15, 0.2) is 17.5 Å². The maximum Gasteiger partial charge on any atom is 0.164 e. The summed E-state index contributed by atoms with van der Waals surface area (Å²) >= 11 is 0. The average Bonchev–Trinajstić information content (AvgIpc) is 3.76. The van der Waals surface area contributed by atoms with Crippen LogP contribution in [0.1, 0.15) is 0 Å². The van der Waals surface area contributed by atoms with E-state index in [0.29, 0.717) is 17.5 Å². The van der Waals surface area contributed by atoms with Crippen LogP contribution >= 0.6 is 0 Å². The van der Waals surface area contributed by atoms with E-state index in [1.54, 1.807) is 0 Å². The number of para-hydroxylation sites is 3. The highest BCUT2D eigenvalue weighted by molar-refractivity contribution is 6.10. The molecule has 10 rings (SSSR count). The molecule has 0 bridgehead atoms. The smallest absolute Gasteiger partial charge is 0.164 e. The fraction of sp³-hybridized carbons (Fsp3) is 0. The minimum atomic E-state index is 0.589. The Kier molecular flexibility index (Phi) is 6.42. The first kappa shape index (κ1) is 28.2. The number of furan rings is 2. The molecule has 0 spiro atoms. The summed E-state index contributed by atoms with van der Waals surface area (Å²) in [4.78, 5) is 15.1. The van der Waals surface area contributed by atoms with E-state index in [4.69, 9.17) is 23.8 Å². The SMILES string of the molecule is c1ccc(-c2nc(-c3ccccc3)nc(-c3ccc(-c4cccc5c4oc4ccccc45)cc3-c3ccc4c(c3)oc3ccccc34)n2)cc1. The lowest BCUT2D eigenvalue weighted by Crippen LogP contribution is -2.01. The Hall–Kier alpha value is -6.85. The van der Waals surface area contributed by atoms with E-state index < -0.39 is 0 Å². The van der Waals surface area contributed by atoms with Crippen LogP contribution in [0.3, 0.4) is 0 Å². The van der Waals surface area contributed by atoms with E-state index in [1.807, 2.05) is 97.1 Å². The van der Waals surface area contributed by atoms with Gasteiger partial charge in [-0.1, -0.05) is 127 Å². The number of fused-ring (bicyclic) bond motifs is 6. The van der Waals surface area contributed by atoms with Crippen molar-refractivity contribution in [3.8, 4) is 56.4 Å². The predicted octanol–water partition coefficient (Wildman–Crippen LogP) is 12.0. The van der Waals surface area contributed by atoms with E-state index in [2.05, 4.69) is 66.7 Å². The molecule has 0 amide bonds. The second-order valence-corrected chi connectivity index (χ2v) is 12.4. The van der Waals surface area contributed by atoms with Crippen molar-refractivity contribution in [2.45, 2.75) is 0 Å². The molecule has 3 heterocycles. The topological polar surface area (TPSA) is 65.0 Å². The maximum atomic E-state index is 6.47. The summed E-state index contributed by atoms with van der Waals surface area (Å²) < 4.78 is 12.8. The molecule has 0 unspecified atom stereocenters. The molecule has 0 radical (unpaired) electrons. The van der Waals surface area contributed by atoms with Crippen LogP contribution in [0.5, 0.6) is 0 Å². The summed E-state index contributed by atoms with van der Waals surface area (Å²) in [5.41, 5.74) is 10.2. The van der Waals surface area contributed by atoms with Crippen molar-refractivity contribution in [3.05, 3.63) is 164 Å². The Bertz CT molecular complexity index is 2810. The van der Waals surface area contributed by atoms with Crippen LogP contribution < -0.4 is 0 Å². The number of rotatable bonds is 5. The third-order valence-electron chi connectivity index (χ3n) is 9.36. The monoisotopic (exact) mass is 641 g/mol. The predicted molar refractivity (Wildman–Crippen MR) is 202 cm³/mol. The van der Waals surface area contributed by atoms with Crippen molar-refractivity contribution in [1.29, 1.82) is 0 Å². The first-order valence-corrected chi connectivity index (χ1v) is 16.6. The Morgan fingerprint density at radius 2 is 0.840 bits per heavy atom. The van der Waals surface area contributed by atoms with Crippen molar-refractivity contribution in [1.82, 2.24) is 15.0 Å². The first-order chi connectivity index (χ1) is 24.8. The highest BCUT2D eigenvalue weighted by atomic mass is 16.3. The zero-order valence-corrected chi connectivity index (χ0v) is 26.7. The maximum absolute atomic E-state index is 6.47. The lowest BCUT2D eigenvalue weighted by molar-refractivity contribution is 0.669. The second-order valence-electron chi connectivity index (χ2n) is 12.4. The summed E-state index contributed by atoms with van der Waals surface area (Å²) in [6.07, 6.45) is 0. The van der Waals surface area contributed by atoms with Gasteiger partial charge in [-0.3, -0.25) is 0 Å². The molecule has 0 saturated carbocycles. The normalized spacial score (nSPS) is 11.6. The Balaban J connectivity index is 1.23. The Morgan fingerprint density at radius 1 is 0.300 bits per heavy atom. The molecule has 0 aliphatic carbocycles. The molecule has 0 saturated heterocycles. The third-order valence-corrected chi connectivity index (χ3v) is 9.36. The zero-order valence-electron chi connectivity index (χ0n) is 26.7. The molecule has 0 fully saturated rings. The standard InChI is InChI=1S/C45H27N3O2/c1-3-12-28(13-4-1)43-46-44(29-14-5-2-6-15-29)48-45(47-43)37-25-23-30(32-18-11-19-36-34-17-8-10-21-40(34)50-42(32)36)26-38(37)31-22-24-35-33-16-7-9-20-39(33)49-41(35)27-31/h1-27H. The van der Waals surface area contributed by atoms with Crippen molar-refractivity contribution >= 4 is 43.9 Å². The molecule has 0 N–H and O–H groups in total. The molecule has 5 heteroatoms. The molecule has 0 atom stereocenters. The molecular weight excluding hydrogens is 615 g/mol. The minimum absolute atomic E-state index is 0.589. The lowest BCUT2D eigenvalue weighted by atomic mass is 9.93. The van der Waals surface area contributed by atoms with Gasteiger partial charge in [0.25, 0.3) is 0 Å². The van der Waals surface area contributed by atoms with Gasteiger partial charge in [0, 0.05) is 43.8 Å². The largest absolute Gasteiger partial charge is 0.456 e. The number of benzene rings is 7. The van der Waals surface area contributed by atoms with E-state index in [9.17, 15) is 0 Å². The molecule has 10 aromatic rings. The van der Waals surface area contributed by atoms with Gasteiger partial charge >= 0.3 is 0 Å². The van der Waals surface area contributed by atoms with Gasteiger partial charge in [-0.25, -0.2) is 15.0 Å². The molecular formula is C45H27N3O2. The van der Waals surface area contributed by atoms with Gasteiger partial charge in [0.05, 0.1) is 0 Å². The number of hydrogen-bond donors (Lipinski definition) is 0. The van der Waals surface area contributed by atoms with Crippen LogP contribution in [0, 0.1) is 0 Å². The molecule has 50 heavy (non-hydrogen) atoms. The molecule has 7 aromatic carbocycles. The first-order valence-electron chi connectivity index (χ1n) is 16.6. The molecule has 3 aromatic heterocycles. The summed E-state index contributed by atoms with van der Waals surface area (Å²) in [5.74, 6) is 1.82. The number of hydrogen-bond acceptors (Lipinski definition) is 5. The Labute approximate surface area is 287 Å². The van der Waals surface area contributed by atoms with Crippen LogP contribution in [-0.4, -0.2) is 15.0 Å². The number of aromatic nitrogens is 3. The summed E-state index contributed by atoms with van der Waals surface area (Å²) in [7, 11) is 0. The van der Waals surface area contributed by atoms with Crippen molar-refractivity contribution in [2.75, 3.05) is 0 Å². The van der Waals surface area contributed by atoms with Gasteiger partial charge in [-0.2, -0.15) is 0 Å². The summed E-state index contributed by atoms with van der Waals surface area (Å²) in [6.45, 7) is 0. The van der Waals surface area contributed by atoms with E-state index in [-0.39, 0.29) is 0 Å². The van der Waals surface area contributed by atoms with Crippen LogP contribution in [0.4, 0.5) is 0 Å². The third kappa shape index (κ3) is 4.67. The van der Waals surface area contributed by atoms with E-state index in [0.717, 1.165) is 82.8 Å². The summed E-state index contributed by atoms with van der Waals surface area (Å²) in [5, 5.41) is 4.36. The lowest BCUT2D eigenvalue weighted by Gasteiger charge is -2.14. The highest BCUT2D eigenvalue weighted by Gasteiger charge is 2.19. The molecule has 234 valence electrons. The van der Waals surface area contributed by atoms with Crippen LogP contribution in [0.15, 0.2) is 173 Å². The van der Waals surface area contributed by atoms with Crippen molar-refractivity contribution < 1.29 is 8.83 Å². The Morgan fingerprint density at radius 3 is 1.56 bits per heavy atom. The van der Waals surface area contributed by atoms with Gasteiger partial charge in [0.2, 0.25) is 0 Å². The number of nitrogens with zero attached hydrogens (tertiary/aromatic N) is 3. The second kappa shape index (κ2) is 11.4. The molecule has 5 nitrogen and oxygen atoms in total. The van der Waals surface area contributed by atoms with E-state index in [1.165, 1.54) is 0 Å². The fourth-order valence-electron chi connectivity index (χ4n) is 6.94. The fourth-order valence-corrected chi connectivity index (χ4v) is 6.94. The van der Waals surface area contributed by atoms with E-state index >= 15 is 0 Å².